The lowest BCUT2D eigenvalue weighted by molar-refractivity contribution is 0.102. The predicted octanol–water partition coefficient (Wildman–Crippen LogP) is 3.02. The van der Waals surface area contributed by atoms with E-state index in [2.05, 4.69) is 15.3 Å². The SMILES string of the molecule is O=C(Nc1ccc2cccnc2n1)c1ccc(F)cc1. The highest BCUT2D eigenvalue weighted by Gasteiger charge is 2.07. The molecule has 1 N–H and O–H groups in total. The first-order valence-corrected chi connectivity index (χ1v) is 6.01. The number of nitrogens with zero attached hydrogens (tertiary/aromatic N) is 2. The van der Waals surface area contributed by atoms with Gasteiger partial charge in [0.05, 0.1) is 0 Å². The molecule has 0 saturated carbocycles. The van der Waals surface area contributed by atoms with Gasteiger partial charge in [0, 0.05) is 17.1 Å². The maximum Gasteiger partial charge on any atom is 0.256 e. The number of anilines is 1. The molecule has 3 aromatic rings. The van der Waals surface area contributed by atoms with Gasteiger partial charge in [0.2, 0.25) is 0 Å². The number of aromatic nitrogens is 2. The molecule has 1 amide bonds. The number of rotatable bonds is 2. The zero-order chi connectivity index (χ0) is 13.9. The molecule has 0 fully saturated rings. The first kappa shape index (κ1) is 12.2. The summed E-state index contributed by atoms with van der Waals surface area (Å²) in [6.45, 7) is 0. The van der Waals surface area contributed by atoms with E-state index in [1.54, 1.807) is 12.3 Å². The molecule has 0 radical (unpaired) electrons. The summed E-state index contributed by atoms with van der Waals surface area (Å²) in [5.41, 5.74) is 0.929. The van der Waals surface area contributed by atoms with Crippen molar-refractivity contribution in [2.75, 3.05) is 5.32 Å². The fourth-order valence-electron chi connectivity index (χ4n) is 1.81. The average Bonchev–Trinajstić information content (AvgIpc) is 2.48. The van der Waals surface area contributed by atoms with E-state index in [-0.39, 0.29) is 11.7 Å². The summed E-state index contributed by atoms with van der Waals surface area (Å²) < 4.78 is 12.8. The Morgan fingerprint density at radius 1 is 1.05 bits per heavy atom. The number of hydrogen-bond acceptors (Lipinski definition) is 3. The van der Waals surface area contributed by atoms with Gasteiger partial charge < -0.3 is 5.32 Å². The van der Waals surface area contributed by atoms with E-state index in [0.717, 1.165) is 5.39 Å². The second kappa shape index (κ2) is 5.05. The minimum atomic E-state index is -0.380. The number of hydrogen-bond donors (Lipinski definition) is 1. The van der Waals surface area contributed by atoms with Crippen LogP contribution in [-0.4, -0.2) is 15.9 Å². The molecule has 0 aliphatic heterocycles. The van der Waals surface area contributed by atoms with E-state index in [1.165, 1.54) is 24.3 Å². The van der Waals surface area contributed by atoms with E-state index in [1.807, 2.05) is 18.2 Å². The maximum atomic E-state index is 12.8. The molecular weight excluding hydrogens is 257 g/mol. The zero-order valence-corrected chi connectivity index (χ0v) is 10.4. The molecule has 20 heavy (non-hydrogen) atoms. The molecule has 2 heterocycles. The van der Waals surface area contributed by atoms with Gasteiger partial charge in [-0.1, -0.05) is 0 Å². The van der Waals surface area contributed by atoms with Crippen molar-refractivity contribution in [1.29, 1.82) is 0 Å². The Kier molecular flexibility index (Phi) is 3.09. The molecule has 4 nitrogen and oxygen atoms in total. The number of halogens is 1. The standard InChI is InChI=1S/C15H10FN3O/c16-12-6-3-11(4-7-12)15(20)19-13-8-5-10-2-1-9-17-14(10)18-13/h1-9H,(H,17,18,19,20). The van der Waals surface area contributed by atoms with Gasteiger partial charge in [-0.15, -0.1) is 0 Å². The molecule has 0 atom stereocenters. The van der Waals surface area contributed by atoms with Crippen molar-refractivity contribution in [3.05, 3.63) is 66.1 Å². The lowest BCUT2D eigenvalue weighted by Crippen LogP contribution is -2.12. The fraction of sp³-hybridized carbons (Fsp3) is 0. The Bertz CT molecular complexity index is 771. The topological polar surface area (TPSA) is 54.9 Å². The van der Waals surface area contributed by atoms with Crippen molar-refractivity contribution >= 4 is 22.8 Å². The third kappa shape index (κ3) is 2.47. The Labute approximate surface area is 114 Å². The van der Waals surface area contributed by atoms with E-state index >= 15 is 0 Å². The highest BCUT2D eigenvalue weighted by Crippen LogP contribution is 2.13. The van der Waals surface area contributed by atoms with Crippen LogP contribution in [0.25, 0.3) is 11.0 Å². The largest absolute Gasteiger partial charge is 0.306 e. The van der Waals surface area contributed by atoms with Crippen LogP contribution < -0.4 is 5.32 Å². The van der Waals surface area contributed by atoms with Crippen molar-refractivity contribution in [3.63, 3.8) is 0 Å². The average molecular weight is 267 g/mol. The molecule has 5 heteroatoms. The molecule has 0 aliphatic rings. The maximum absolute atomic E-state index is 12.8. The number of fused-ring (bicyclic) bond motifs is 1. The molecule has 3 rings (SSSR count). The predicted molar refractivity (Wildman–Crippen MR) is 73.9 cm³/mol. The van der Waals surface area contributed by atoms with Crippen molar-refractivity contribution in [2.24, 2.45) is 0 Å². The zero-order valence-electron chi connectivity index (χ0n) is 10.4. The van der Waals surface area contributed by atoms with E-state index in [0.29, 0.717) is 17.0 Å². The molecule has 0 aliphatic carbocycles. The normalized spacial score (nSPS) is 10.4. The van der Waals surface area contributed by atoms with Crippen LogP contribution >= 0.6 is 0 Å². The van der Waals surface area contributed by atoms with Gasteiger partial charge in [0.25, 0.3) is 5.91 Å². The van der Waals surface area contributed by atoms with Crippen LogP contribution in [0.5, 0.6) is 0 Å². The molecule has 2 aromatic heterocycles. The van der Waals surface area contributed by atoms with Crippen LogP contribution in [0.15, 0.2) is 54.7 Å². The quantitative estimate of drug-likeness (QED) is 0.776. The third-order valence-corrected chi connectivity index (χ3v) is 2.81. The van der Waals surface area contributed by atoms with Gasteiger partial charge in [0.15, 0.2) is 5.65 Å². The molecule has 0 saturated heterocycles. The van der Waals surface area contributed by atoms with Gasteiger partial charge in [0.1, 0.15) is 11.6 Å². The van der Waals surface area contributed by atoms with E-state index < -0.39 is 0 Å². The summed E-state index contributed by atoms with van der Waals surface area (Å²) in [5, 5.41) is 3.55. The summed E-state index contributed by atoms with van der Waals surface area (Å²) in [5.74, 6) is -0.312. The Morgan fingerprint density at radius 3 is 2.65 bits per heavy atom. The fourth-order valence-corrected chi connectivity index (χ4v) is 1.81. The van der Waals surface area contributed by atoms with Crippen LogP contribution in [0.3, 0.4) is 0 Å². The minimum absolute atomic E-state index is 0.340. The summed E-state index contributed by atoms with van der Waals surface area (Å²) in [7, 11) is 0. The van der Waals surface area contributed by atoms with Crippen LogP contribution in [-0.2, 0) is 0 Å². The number of pyridine rings is 2. The second-order valence-corrected chi connectivity index (χ2v) is 4.21. The van der Waals surface area contributed by atoms with Gasteiger partial charge in [-0.2, -0.15) is 0 Å². The highest BCUT2D eigenvalue weighted by molar-refractivity contribution is 6.04. The lowest BCUT2D eigenvalue weighted by Gasteiger charge is -2.05. The molecule has 0 spiro atoms. The summed E-state index contributed by atoms with van der Waals surface area (Å²) in [6.07, 6.45) is 1.64. The molecule has 98 valence electrons. The first-order valence-electron chi connectivity index (χ1n) is 6.01. The smallest absolute Gasteiger partial charge is 0.256 e. The Balaban J connectivity index is 1.85. The molecule has 0 bridgehead atoms. The first-order chi connectivity index (χ1) is 9.72. The summed E-state index contributed by atoms with van der Waals surface area (Å²) in [6, 6.07) is 12.6. The summed E-state index contributed by atoms with van der Waals surface area (Å²) >= 11 is 0. The van der Waals surface area contributed by atoms with Gasteiger partial charge in [-0.3, -0.25) is 4.79 Å². The van der Waals surface area contributed by atoms with Gasteiger partial charge >= 0.3 is 0 Å². The number of benzene rings is 1. The lowest BCUT2D eigenvalue weighted by atomic mass is 10.2. The van der Waals surface area contributed by atoms with Crippen molar-refractivity contribution in [2.45, 2.75) is 0 Å². The summed E-state index contributed by atoms with van der Waals surface area (Å²) in [4.78, 5) is 20.3. The number of nitrogens with one attached hydrogen (secondary N) is 1. The highest BCUT2D eigenvalue weighted by atomic mass is 19.1. The van der Waals surface area contributed by atoms with Crippen LogP contribution in [0.1, 0.15) is 10.4 Å². The van der Waals surface area contributed by atoms with Crippen molar-refractivity contribution in [3.8, 4) is 0 Å². The molecule has 0 unspecified atom stereocenters. The van der Waals surface area contributed by atoms with E-state index in [9.17, 15) is 9.18 Å². The van der Waals surface area contributed by atoms with E-state index in [4.69, 9.17) is 0 Å². The van der Waals surface area contributed by atoms with Crippen molar-refractivity contribution < 1.29 is 9.18 Å². The van der Waals surface area contributed by atoms with Crippen LogP contribution in [0, 0.1) is 5.82 Å². The van der Waals surface area contributed by atoms with Gasteiger partial charge in [-0.05, 0) is 48.5 Å². The molecule has 1 aromatic carbocycles. The molecular formula is C15H10FN3O. The number of carbonyl (C=O) groups is 1. The third-order valence-electron chi connectivity index (χ3n) is 2.81. The monoisotopic (exact) mass is 267 g/mol. The number of carbonyl (C=O) groups excluding carboxylic acids is 1. The number of amides is 1. The van der Waals surface area contributed by atoms with Crippen molar-refractivity contribution in [1.82, 2.24) is 9.97 Å². The Morgan fingerprint density at radius 2 is 1.85 bits per heavy atom. The van der Waals surface area contributed by atoms with Crippen LogP contribution in [0.2, 0.25) is 0 Å². The second-order valence-electron chi connectivity index (χ2n) is 4.21. The van der Waals surface area contributed by atoms with Gasteiger partial charge in [-0.25, -0.2) is 14.4 Å². The van der Waals surface area contributed by atoms with Crippen LogP contribution in [0.4, 0.5) is 10.2 Å². The minimum Gasteiger partial charge on any atom is -0.306 e. The Hall–Kier alpha value is -2.82.